The molecule has 0 aromatic heterocycles. The minimum Gasteiger partial charge on any atom is -0.478 e. The Balaban J connectivity index is 3.18. The molecular formula is C12H9F3N2O5. The Labute approximate surface area is 121 Å². The van der Waals surface area contributed by atoms with E-state index in [0.29, 0.717) is 12.1 Å². The van der Waals surface area contributed by atoms with Gasteiger partial charge in [0.05, 0.1) is 10.5 Å². The van der Waals surface area contributed by atoms with Gasteiger partial charge in [-0.3, -0.25) is 14.9 Å². The number of carboxylic acids is 1. The van der Waals surface area contributed by atoms with Crippen LogP contribution in [0.4, 0.5) is 24.5 Å². The molecule has 0 saturated heterocycles. The van der Waals surface area contributed by atoms with E-state index in [1.54, 1.807) is 0 Å². The van der Waals surface area contributed by atoms with Crippen molar-refractivity contribution in [2.24, 2.45) is 0 Å². The molecule has 0 radical (unpaired) electrons. The van der Waals surface area contributed by atoms with Crippen molar-refractivity contribution in [1.82, 2.24) is 0 Å². The molecule has 22 heavy (non-hydrogen) atoms. The first-order valence-electron chi connectivity index (χ1n) is 5.60. The quantitative estimate of drug-likeness (QED) is 0.504. The molecule has 0 fully saturated rings. The van der Waals surface area contributed by atoms with Crippen LogP contribution in [-0.4, -0.2) is 21.9 Å². The molecule has 0 heterocycles. The van der Waals surface area contributed by atoms with Gasteiger partial charge in [0.15, 0.2) is 0 Å². The van der Waals surface area contributed by atoms with Gasteiger partial charge in [0.1, 0.15) is 5.69 Å². The zero-order chi connectivity index (χ0) is 17.1. The SMILES string of the molecule is C/C(=C/C(=O)O)C(=O)Nc1ccc(C(F)(F)F)cc1[N+](=O)[O-]. The van der Waals surface area contributed by atoms with Crippen LogP contribution in [0.25, 0.3) is 0 Å². The number of nitrogens with one attached hydrogen (secondary N) is 1. The number of carbonyl (C=O) groups excluding carboxylic acids is 1. The highest BCUT2D eigenvalue weighted by Gasteiger charge is 2.33. The van der Waals surface area contributed by atoms with E-state index in [1.807, 2.05) is 5.32 Å². The standard InChI is InChI=1S/C12H9F3N2O5/c1-6(4-10(18)19)11(20)16-8-3-2-7(12(13,14)15)5-9(8)17(21)22/h2-5H,1H3,(H,16,20)(H,18,19)/b6-4-. The van der Waals surface area contributed by atoms with Crippen molar-refractivity contribution in [2.75, 3.05) is 5.32 Å². The van der Waals surface area contributed by atoms with Gasteiger partial charge >= 0.3 is 12.1 Å². The second-order valence-corrected chi connectivity index (χ2v) is 4.11. The highest BCUT2D eigenvalue weighted by atomic mass is 19.4. The fourth-order valence-corrected chi connectivity index (χ4v) is 1.44. The molecule has 2 N–H and O–H groups in total. The summed E-state index contributed by atoms with van der Waals surface area (Å²) in [6, 6.07) is 1.58. The molecule has 0 unspecified atom stereocenters. The van der Waals surface area contributed by atoms with Crippen LogP contribution in [0.5, 0.6) is 0 Å². The summed E-state index contributed by atoms with van der Waals surface area (Å²) in [7, 11) is 0. The van der Waals surface area contributed by atoms with E-state index in [9.17, 15) is 32.9 Å². The zero-order valence-corrected chi connectivity index (χ0v) is 11.0. The fraction of sp³-hybridized carbons (Fsp3) is 0.167. The van der Waals surface area contributed by atoms with E-state index < -0.39 is 39.9 Å². The summed E-state index contributed by atoms with van der Waals surface area (Å²) >= 11 is 0. The molecule has 0 atom stereocenters. The van der Waals surface area contributed by atoms with Crippen LogP contribution < -0.4 is 5.32 Å². The van der Waals surface area contributed by atoms with Crippen LogP contribution in [0.3, 0.4) is 0 Å². The third-order valence-electron chi connectivity index (χ3n) is 2.47. The summed E-state index contributed by atoms with van der Waals surface area (Å²) in [4.78, 5) is 31.8. The Hall–Kier alpha value is -2.91. The summed E-state index contributed by atoms with van der Waals surface area (Å²) in [5.74, 6) is -2.39. The maximum Gasteiger partial charge on any atom is 0.416 e. The monoisotopic (exact) mass is 318 g/mol. The van der Waals surface area contributed by atoms with Gasteiger partial charge in [-0.15, -0.1) is 0 Å². The summed E-state index contributed by atoms with van der Waals surface area (Å²) in [5.41, 5.74) is -2.94. The number of alkyl halides is 3. The lowest BCUT2D eigenvalue weighted by Crippen LogP contribution is -2.15. The van der Waals surface area contributed by atoms with Crippen LogP contribution in [0.2, 0.25) is 0 Å². The number of nitrogens with zero attached hydrogens (tertiary/aromatic N) is 1. The fourth-order valence-electron chi connectivity index (χ4n) is 1.44. The Morgan fingerprint density at radius 1 is 1.36 bits per heavy atom. The van der Waals surface area contributed by atoms with Crippen molar-refractivity contribution in [3.63, 3.8) is 0 Å². The number of hydrogen-bond donors (Lipinski definition) is 2. The number of nitro benzene ring substituents is 1. The maximum absolute atomic E-state index is 12.5. The first-order chi connectivity index (χ1) is 10.0. The van der Waals surface area contributed by atoms with Gasteiger partial charge in [-0.1, -0.05) is 0 Å². The Bertz CT molecular complexity index is 667. The van der Waals surface area contributed by atoms with Crippen LogP contribution in [0, 0.1) is 10.1 Å². The summed E-state index contributed by atoms with van der Waals surface area (Å²) in [6.45, 7) is 1.14. The van der Waals surface area contributed by atoms with Crippen molar-refractivity contribution in [1.29, 1.82) is 0 Å². The number of amides is 1. The van der Waals surface area contributed by atoms with Crippen molar-refractivity contribution >= 4 is 23.3 Å². The van der Waals surface area contributed by atoms with Gasteiger partial charge in [-0.2, -0.15) is 13.2 Å². The summed E-state index contributed by atoms with van der Waals surface area (Å²) in [6.07, 6.45) is -4.21. The minimum atomic E-state index is -4.77. The van der Waals surface area contributed by atoms with Gasteiger partial charge < -0.3 is 10.4 Å². The molecule has 0 bridgehead atoms. The van der Waals surface area contributed by atoms with Gasteiger partial charge in [0, 0.05) is 17.7 Å². The number of rotatable bonds is 4. The highest BCUT2D eigenvalue weighted by Crippen LogP contribution is 2.35. The Kier molecular flexibility index (Phi) is 4.87. The van der Waals surface area contributed by atoms with Gasteiger partial charge in [-0.05, 0) is 19.1 Å². The van der Waals surface area contributed by atoms with E-state index in [-0.39, 0.29) is 11.6 Å². The zero-order valence-electron chi connectivity index (χ0n) is 11.0. The minimum absolute atomic E-state index is 0.276. The summed E-state index contributed by atoms with van der Waals surface area (Å²) < 4.78 is 37.5. The van der Waals surface area contributed by atoms with Crippen LogP contribution in [-0.2, 0) is 15.8 Å². The first-order valence-corrected chi connectivity index (χ1v) is 5.60. The molecule has 1 rings (SSSR count). The number of benzene rings is 1. The number of aliphatic carboxylic acids is 1. The predicted molar refractivity (Wildman–Crippen MR) is 68.1 cm³/mol. The molecule has 1 aromatic carbocycles. The van der Waals surface area contributed by atoms with Gasteiger partial charge in [0.2, 0.25) is 0 Å². The number of carbonyl (C=O) groups is 2. The molecule has 1 aromatic rings. The van der Waals surface area contributed by atoms with Crippen molar-refractivity contribution in [3.8, 4) is 0 Å². The lowest BCUT2D eigenvalue weighted by Gasteiger charge is -2.10. The smallest absolute Gasteiger partial charge is 0.416 e. The average Bonchev–Trinajstić information content (AvgIpc) is 2.36. The normalized spacial score (nSPS) is 11.9. The van der Waals surface area contributed by atoms with E-state index in [4.69, 9.17) is 5.11 Å². The summed E-state index contributed by atoms with van der Waals surface area (Å²) in [5, 5.41) is 21.3. The topological polar surface area (TPSA) is 110 Å². The molecule has 0 aliphatic heterocycles. The molecule has 0 spiro atoms. The van der Waals surface area contributed by atoms with Crippen molar-refractivity contribution in [2.45, 2.75) is 13.1 Å². The molecule has 7 nitrogen and oxygen atoms in total. The van der Waals surface area contributed by atoms with Crippen molar-refractivity contribution < 1.29 is 32.8 Å². The van der Waals surface area contributed by atoms with Gasteiger partial charge in [-0.25, -0.2) is 4.79 Å². The first kappa shape index (κ1) is 17.1. The average molecular weight is 318 g/mol. The number of halogens is 3. The van der Waals surface area contributed by atoms with Crippen LogP contribution in [0.1, 0.15) is 12.5 Å². The second-order valence-electron chi connectivity index (χ2n) is 4.11. The number of carboxylic acid groups (broad SMARTS) is 1. The van der Waals surface area contributed by atoms with Crippen LogP contribution in [0.15, 0.2) is 29.8 Å². The molecule has 1 amide bonds. The third-order valence-corrected chi connectivity index (χ3v) is 2.47. The highest BCUT2D eigenvalue weighted by molar-refractivity contribution is 6.07. The largest absolute Gasteiger partial charge is 0.478 e. The second kappa shape index (κ2) is 6.24. The molecule has 118 valence electrons. The molecule has 0 aliphatic rings. The van der Waals surface area contributed by atoms with E-state index in [0.717, 1.165) is 13.0 Å². The molecular weight excluding hydrogens is 309 g/mol. The molecule has 0 saturated carbocycles. The van der Waals surface area contributed by atoms with Gasteiger partial charge in [0.25, 0.3) is 11.6 Å². The van der Waals surface area contributed by atoms with E-state index >= 15 is 0 Å². The molecule has 10 heteroatoms. The molecule has 0 aliphatic carbocycles. The Morgan fingerprint density at radius 2 is 1.95 bits per heavy atom. The number of nitro groups is 1. The number of anilines is 1. The maximum atomic E-state index is 12.5. The predicted octanol–water partition coefficient (Wildman–Crippen LogP) is 2.58. The van der Waals surface area contributed by atoms with E-state index in [2.05, 4.69) is 0 Å². The van der Waals surface area contributed by atoms with Crippen LogP contribution >= 0.6 is 0 Å². The third kappa shape index (κ3) is 4.30. The lowest BCUT2D eigenvalue weighted by atomic mass is 10.1. The number of hydrogen-bond acceptors (Lipinski definition) is 4. The lowest BCUT2D eigenvalue weighted by molar-refractivity contribution is -0.384. The van der Waals surface area contributed by atoms with Crippen molar-refractivity contribution in [3.05, 3.63) is 45.5 Å². The van der Waals surface area contributed by atoms with E-state index in [1.165, 1.54) is 0 Å². The Morgan fingerprint density at radius 3 is 2.41 bits per heavy atom.